The van der Waals surface area contributed by atoms with Crippen LogP contribution in [0.15, 0.2) is 22.7 Å². The maximum atomic E-state index is 13.6. The van der Waals surface area contributed by atoms with E-state index in [-0.39, 0.29) is 5.82 Å². The zero-order chi connectivity index (χ0) is 13.1. The van der Waals surface area contributed by atoms with Crippen molar-refractivity contribution >= 4 is 15.9 Å². The summed E-state index contributed by atoms with van der Waals surface area (Å²) in [5.41, 5.74) is 0.732. The maximum absolute atomic E-state index is 13.6. The summed E-state index contributed by atoms with van der Waals surface area (Å²) in [7, 11) is 2.15. The zero-order valence-electron chi connectivity index (χ0n) is 10.9. The second-order valence-electron chi connectivity index (χ2n) is 5.25. The molecule has 100 valence electrons. The van der Waals surface area contributed by atoms with Crippen molar-refractivity contribution in [2.45, 2.75) is 25.9 Å². The SMILES string of the molecule is CC1CN(C)CCC1NCc1cc(Br)ccc1F. The third-order valence-electron chi connectivity index (χ3n) is 3.67. The molecule has 2 atom stereocenters. The number of likely N-dealkylation sites (tertiary alicyclic amines) is 1. The summed E-state index contributed by atoms with van der Waals surface area (Å²) in [5, 5.41) is 3.49. The second-order valence-corrected chi connectivity index (χ2v) is 6.17. The van der Waals surface area contributed by atoms with Crippen LogP contribution in [0.1, 0.15) is 18.9 Å². The quantitative estimate of drug-likeness (QED) is 0.922. The van der Waals surface area contributed by atoms with Gasteiger partial charge in [0, 0.05) is 29.2 Å². The highest BCUT2D eigenvalue weighted by atomic mass is 79.9. The fourth-order valence-electron chi connectivity index (χ4n) is 2.58. The molecule has 0 radical (unpaired) electrons. The molecular weight excluding hydrogens is 295 g/mol. The minimum Gasteiger partial charge on any atom is -0.309 e. The molecule has 1 N–H and O–H groups in total. The van der Waals surface area contributed by atoms with E-state index in [1.165, 1.54) is 6.07 Å². The van der Waals surface area contributed by atoms with Crippen molar-refractivity contribution in [2.75, 3.05) is 20.1 Å². The lowest BCUT2D eigenvalue weighted by Gasteiger charge is -2.35. The highest BCUT2D eigenvalue weighted by Crippen LogP contribution is 2.18. The Balaban J connectivity index is 1.93. The van der Waals surface area contributed by atoms with Crippen LogP contribution in [0.2, 0.25) is 0 Å². The third kappa shape index (κ3) is 3.53. The van der Waals surface area contributed by atoms with Crippen molar-refractivity contribution in [2.24, 2.45) is 5.92 Å². The lowest BCUT2D eigenvalue weighted by molar-refractivity contribution is 0.174. The Kier molecular flexibility index (Phi) is 4.76. The van der Waals surface area contributed by atoms with Gasteiger partial charge in [-0.3, -0.25) is 0 Å². The zero-order valence-corrected chi connectivity index (χ0v) is 12.5. The topological polar surface area (TPSA) is 15.3 Å². The molecule has 1 aromatic rings. The van der Waals surface area contributed by atoms with Crippen LogP contribution in [0, 0.1) is 11.7 Å². The molecule has 4 heteroatoms. The summed E-state index contributed by atoms with van der Waals surface area (Å²) in [4.78, 5) is 2.35. The average Bonchev–Trinajstić information content (AvgIpc) is 2.32. The number of nitrogens with zero attached hydrogens (tertiary/aromatic N) is 1. The first kappa shape index (κ1) is 14.0. The molecule has 1 saturated heterocycles. The molecule has 0 aromatic heterocycles. The first-order valence-corrected chi connectivity index (χ1v) is 7.21. The minimum absolute atomic E-state index is 0.133. The molecule has 1 fully saturated rings. The van der Waals surface area contributed by atoms with Crippen molar-refractivity contribution in [3.63, 3.8) is 0 Å². The number of nitrogens with one attached hydrogen (secondary N) is 1. The first-order valence-electron chi connectivity index (χ1n) is 6.42. The number of benzene rings is 1. The molecule has 0 saturated carbocycles. The van der Waals surface area contributed by atoms with Crippen molar-refractivity contribution in [3.05, 3.63) is 34.1 Å². The molecule has 0 amide bonds. The van der Waals surface area contributed by atoms with Gasteiger partial charge in [-0.25, -0.2) is 4.39 Å². The van der Waals surface area contributed by atoms with Crippen LogP contribution in [0.25, 0.3) is 0 Å². The molecule has 1 heterocycles. The van der Waals surface area contributed by atoms with E-state index in [0.717, 1.165) is 29.5 Å². The molecule has 1 aliphatic rings. The smallest absolute Gasteiger partial charge is 0.127 e. The predicted octanol–water partition coefficient (Wildman–Crippen LogP) is 3.02. The van der Waals surface area contributed by atoms with Crippen LogP contribution in [0.4, 0.5) is 4.39 Å². The van der Waals surface area contributed by atoms with E-state index in [0.29, 0.717) is 18.5 Å². The summed E-state index contributed by atoms with van der Waals surface area (Å²) in [5.74, 6) is 0.477. The monoisotopic (exact) mass is 314 g/mol. The standard InChI is InChI=1S/C14H20BrFN2/c1-10-9-18(2)6-5-14(10)17-8-11-7-12(15)3-4-13(11)16/h3-4,7,10,14,17H,5-6,8-9H2,1-2H3. The summed E-state index contributed by atoms with van der Waals surface area (Å²) >= 11 is 3.38. The number of rotatable bonds is 3. The van der Waals surface area contributed by atoms with E-state index in [2.05, 4.69) is 40.1 Å². The molecule has 1 aliphatic heterocycles. The van der Waals surface area contributed by atoms with E-state index < -0.39 is 0 Å². The lowest BCUT2D eigenvalue weighted by atomic mass is 9.94. The molecule has 18 heavy (non-hydrogen) atoms. The summed E-state index contributed by atoms with van der Waals surface area (Å²) in [6, 6.07) is 5.58. The Labute approximate surface area is 117 Å². The van der Waals surface area contributed by atoms with E-state index in [4.69, 9.17) is 0 Å². The normalized spacial score (nSPS) is 25.3. The van der Waals surface area contributed by atoms with E-state index in [9.17, 15) is 4.39 Å². The van der Waals surface area contributed by atoms with Crippen molar-refractivity contribution in [1.29, 1.82) is 0 Å². The molecule has 2 nitrogen and oxygen atoms in total. The van der Waals surface area contributed by atoms with Gasteiger partial charge in [0.1, 0.15) is 5.82 Å². The summed E-state index contributed by atoms with van der Waals surface area (Å²) in [6.45, 7) is 5.08. The van der Waals surface area contributed by atoms with Gasteiger partial charge in [0.05, 0.1) is 0 Å². The molecular formula is C14H20BrFN2. The van der Waals surface area contributed by atoms with Crippen molar-refractivity contribution in [1.82, 2.24) is 10.2 Å². The third-order valence-corrected chi connectivity index (χ3v) is 4.16. The Bertz CT molecular complexity index is 411. The van der Waals surface area contributed by atoms with Crippen LogP contribution in [-0.2, 0) is 6.54 Å². The summed E-state index contributed by atoms with van der Waals surface area (Å²) < 4.78 is 14.5. The van der Waals surface area contributed by atoms with Crippen LogP contribution >= 0.6 is 15.9 Å². The molecule has 1 aromatic carbocycles. The first-order chi connectivity index (χ1) is 8.56. The highest BCUT2D eigenvalue weighted by molar-refractivity contribution is 9.10. The summed E-state index contributed by atoms with van der Waals surface area (Å²) in [6.07, 6.45) is 1.13. The largest absolute Gasteiger partial charge is 0.309 e. The van der Waals surface area contributed by atoms with Crippen LogP contribution in [0.5, 0.6) is 0 Å². The second kappa shape index (κ2) is 6.13. The van der Waals surface area contributed by atoms with E-state index >= 15 is 0 Å². The highest BCUT2D eigenvalue weighted by Gasteiger charge is 2.23. The van der Waals surface area contributed by atoms with Crippen molar-refractivity contribution < 1.29 is 4.39 Å². The van der Waals surface area contributed by atoms with Gasteiger partial charge < -0.3 is 10.2 Å². The number of hydrogen-bond donors (Lipinski definition) is 1. The minimum atomic E-state index is -0.133. The number of halogens is 2. The van der Waals surface area contributed by atoms with Gasteiger partial charge in [0.15, 0.2) is 0 Å². The predicted molar refractivity (Wildman–Crippen MR) is 76.0 cm³/mol. The van der Waals surface area contributed by atoms with Gasteiger partial charge in [0.25, 0.3) is 0 Å². The fourth-order valence-corrected chi connectivity index (χ4v) is 2.99. The fraction of sp³-hybridized carbons (Fsp3) is 0.571. The Hall–Kier alpha value is -0.450. The average molecular weight is 315 g/mol. The van der Waals surface area contributed by atoms with Crippen molar-refractivity contribution in [3.8, 4) is 0 Å². The van der Waals surface area contributed by atoms with Gasteiger partial charge in [-0.05, 0) is 44.1 Å². The van der Waals surface area contributed by atoms with Crippen LogP contribution < -0.4 is 5.32 Å². The maximum Gasteiger partial charge on any atom is 0.127 e. The van der Waals surface area contributed by atoms with Gasteiger partial charge in [-0.1, -0.05) is 22.9 Å². The Morgan fingerprint density at radius 3 is 3.00 bits per heavy atom. The molecule has 2 unspecified atom stereocenters. The van der Waals surface area contributed by atoms with Crippen LogP contribution in [-0.4, -0.2) is 31.1 Å². The van der Waals surface area contributed by atoms with Gasteiger partial charge >= 0.3 is 0 Å². The van der Waals surface area contributed by atoms with Gasteiger partial charge in [-0.2, -0.15) is 0 Å². The molecule has 0 bridgehead atoms. The van der Waals surface area contributed by atoms with E-state index in [1.807, 2.05) is 6.07 Å². The van der Waals surface area contributed by atoms with Gasteiger partial charge in [0.2, 0.25) is 0 Å². The molecule has 0 spiro atoms. The van der Waals surface area contributed by atoms with Gasteiger partial charge in [-0.15, -0.1) is 0 Å². The number of hydrogen-bond acceptors (Lipinski definition) is 2. The van der Waals surface area contributed by atoms with E-state index in [1.54, 1.807) is 6.07 Å². The lowest BCUT2D eigenvalue weighted by Crippen LogP contribution is -2.46. The van der Waals surface area contributed by atoms with Crippen LogP contribution in [0.3, 0.4) is 0 Å². The number of piperidine rings is 1. The Morgan fingerprint density at radius 1 is 1.50 bits per heavy atom. The molecule has 0 aliphatic carbocycles. The Morgan fingerprint density at radius 2 is 2.28 bits per heavy atom. The molecule has 2 rings (SSSR count).